The minimum Gasteiger partial charge on any atom is -0.370 e. The van der Waals surface area contributed by atoms with Gasteiger partial charge in [-0.25, -0.2) is 0 Å². The molecule has 174 valence electrons. The standard InChI is InChI=1S/C28H31N5O/c29-26(13-6-16-32-28(30)31)27(34)33(18-20-14-15-21-7-1-2-9-23(21)17-20)19-24-11-5-10-22-8-3-4-12-25(22)24/h1-5,7-12,14-15,17,26H,6,13,16,18-19,29H2,(H4,30,31,32). The molecule has 0 aliphatic heterocycles. The van der Waals surface area contributed by atoms with Gasteiger partial charge in [0.1, 0.15) is 0 Å². The van der Waals surface area contributed by atoms with Gasteiger partial charge in [0.25, 0.3) is 0 Å². The van der Waals surface area contributed by atoms with Crippen molar-refractivity contribution in [3.8, 4) is 0 Å². The van der Waals surface area contributed by atoms with Gasteiger partial charge in [0, 0.05) is 19.6 Å². The average molecular weight is 454 g/mol. The Kier molecular flexibility index (Phi) is 7.40. The second-order valence-electron chi connectivity index (χ2n) is 8.57. The highest BCUT2D eigenvalue weighted by atomic mass is 16.2. The van der Waals surface area contributed by atoms with Crippen LogP contribution >= 0.6 is 0 Å². The first-order valence-electron chi connectivity index (χ1n) is 11.6. The lowest BCUT2D eigenvalue weighted by molar-refractivity contribution is -0.134. The summed E-state index contributed by atoms with van der Waals surface area (Å²) in [6, 6.07) is 28.4. The van der Waals surface area contributed by atoms with Gasteiger partial charge in [-0.2, -0.15) is 0 Å². The summed E-state index contributed by atoms with van der Waals surface area (Å²) in [7, 11) is 0. The number of guanidine groups is 1. The van der Waals surface area contributed by atoms with Gasteiger partial charge in [0.05, 0.1) is 6.04 Å². The molecule has 0 saturated heterocycles. The molecule has 6 heteroatoms. The molecule has 0 saturated carbocycles. The Morgan fingerprint density at radius 2 is 1.53 bits per heavy atom. The fourth-order valence-electron chi connectivity index (χ4n) is 4.28. The van der Waals surface area contributed by atoms with E-state index in [2.05, 4.69) is 59.6 Å². The number of nitrogens with zero attached hydrogens (tertiary/aromatic N) is 2. The molecule has 0 radical (unpaired) electrons. The molecule has 4 aromatic carbocycles. The van der Waals surface area contributed by atoms with Crippen LogP contribution in [0.25, 0.3) is 21.5 Å². The van der Waals surface area contributed by atoms with E-state index >= 15 is 0 Å². The molecule has 1 amide bonds. The Hall–Kier alpha value is -3.90. The third kappa shape index (κ3) is 5.71. The summed E-state index contributed by atoms with van der Waals surface area (Å²) in [5.74, 6) is -0.0282. The number of amides is 1. The van der Waals surface area contributed by atoms with Gasteiger partial charge >= 0.3 is 0 Å². The summed E-state index contributed by atoms with van der Waals surface area (Å²) in [5.41, 5.74) is 19.3. The van der Waals surface area contributed by atoms with Crippen molar-refractivity contribution in [2.45, 2.75) is 32.0 Å². The fraction of sp³-hybridized carbons (Fsp3) is 0.214. The number of benzene rings is 4. The number of aliphatic imine (C=N–C) groups is 1. The van der Waals surface area contributed by atoms with Crippen LogP contribution in [0.1, 0.15) is 24.0 Å². The molecule has 0 aliphatic carbocycles. The molecule has 0 bridgehead atoms. The van der Waals surface area contributed by atoms with Crippen molar-refractivity contribution < 1.29 is 4.79 Å². The summed E-state index contributed by atoms with van der Waals surface area (Å²) in [6.45, 7) is 1.42. The molecule has 0 aromatic heterocycles. The smallest absolute Gasteiger partial charge is 0.240 e. The molecule has 4 rings (SSSR count). The number of carbonyl (C=O) groups excluding carboxylic acids is 1. The summed E-state index contributed by atoms with van der Waals surface area (Å²) < 4.78 is 0. The maximum Gasteiger partial charge on any atom is 0.240 e. The van der Waals surface area contributed by atoms with Crippen molar-refractivity contribution in [3.63, 3.8) is 0 Å². The fourth-order valence-corrected chi connectivity index (χ4v) is 4.28. The molecular formula is C28H31N5O. The summed E-state index contributed by atoms with van der Waals surface area (Å²) >= 11 is 0. The van der Waals surface area contributed by atoms with Gasteiger partial charge in [-0.05, 0) is 51.6 Å². The zero-order chi connectivity index (χ0) is 23.9. The average Bonchev–Trinajstić information content (AvgIpc) is 2.85. The molecular weight excluding hydrogens is 422 g/mol. The molecule has 1 atom stereocenters. The Balaban J connectivity index is 1.59. The van der Waals surface area contributed by atoms with E-state index in [1.165, 1.54) is 5.39 Å². The van der Waals surface area contributed by atoms with Crippen molar-refractivity contribution in [2.75, 3.05) is 6.54 Å². The third-order valence-electron chi connectivity index (χ3n) is 6.02. The van der Waals surface area contributed by atoms with Gasteiger partial charge in [-0.1, -0.05) is 78.9 Å². The lowest BCUT2D eigenvalue weighted by atomic mass is 10.0. The van der Waals surface area contributed by atoms with E-state index in [-0.39, 0.29) is 11.9 Å². The highest BCUT2D eigenvalue weighted by Crippen LogP contribution is 2.23. The number of rotatable bonds is 9. The Labute approximate surface area is 200 Å². The molecule has 34 heavy (non-hydrogen) atoms. The molecule has 0 spiro atoms. The largest absolute Gasteiger partial charge is 0.370 e. The van der Waals surface area contributed by atoms with E-state index in [0.717, 1.165) is 27.3 Å². The van der Waals surface area contributed by atoms with Crippen molar-refractivity contribution in [1.82, 2.24) is 4.90 Å². The second kappa shape index (κ2) is 10.8. The van der Waals surface area contributed by atoms with Gasteiger partial charge in [0.15, 0.2) is 5.96 Å². The van der Waals surface area contributed by atoms with Crippen molar-refractivity contribution in [2.24, 2.45) is 22.2 Å². The first kappa shape index (κ1) is 23.3. The topological polar surface area (TPSA) is 111 Å². The summed E-state index contributed by atoms with van der Waals surface area (Å²) in [4.78, 5) is 19.3. The maximum atomic E-state index is 13.5. The van der Waals surface area contributed by atoms with Crippen LogP contribution in [0.3, 0.4) is 0 Å². The third-order valence-corrected chi connectivity index (χ3v) is 6.02. The molecule has 4 aromatic rings. The minimum absolute atomic E-state index is 0.0498. The predicted molar refractivity (Wildman–Crippen MR) is 140 cm³/mol. The van der Waals surface area contributed by atoms with Crippen molar-refractivity contribution in [3.05, 3.63) is 96.1 Å². The lowest BCUT2D eigenvalue weighted by Gasteiger charge is -2.27. The van der Waals surface area contributed by atoms with E-state index in [1.807, 2.05) is 35.2 Å². The monoisotopic (exact) mass is 453 g/mol. The molecule has 0 heterocycles. The Bertz CT molecular complexity index is 1310. The number of fused-ring (bicyclic) bond motifs is 2. The highest BCUT2D eigenvalue weighted by molar-refractivity contribution is 5.87. The number of carbonyl (C=O) groups is 1. The van der Waals surface area contributed by atoms with Crippen LogP contribution in [0.5, 0.6) is 0 Å². The van der Waals surface area contributed by atoms with E-state index in [0.29, 0.717) is 32.5 Å². The van der Waals surface area contributed by atoms with E-state index in [1.54, 1.807) is 0 Å². The molecule has 0 aliphatic rings. The first-order chi connectivity index (χ1) is 16.5. The second-order valence-corrected chi connectivity index (χ2v) is 8.57. The predicted octanol–water partition coefficient (Wildman–Crippen LogP) is 3.90. The number of nitrogens with two attached hydrogens (primary N) is 3. The van der Waals surface area contributed by atoms with Gasteiger partial charge in [-0.3, -0.25) is 9.79 Å². The van der Waals surface area contributed by atoms with Crippen LogP contribution < -0.4 is 17.2 Å². The SMILES string of the molecule is NC(N)=NCCCC(N)C(=O)N(Cc1ccc2ccccc2c1)Cc1cccc2ccccc12. The van der Waals surface area contributed by atoms with E-state index < -0.39 is 6.04 Å². The summed E-state index contributed by atoms with van der Waals surface area (Å²) in [5, 5.41) is 4.62. The number of hydrogen-bond acceptors (Lipinski definition) is 3. The van der Waals surface area contributed by atoms with Gasteiger partial charge in [-0.15, -0.1) is 0 Å². The molecule has 0 fully saturated rings. The van der Waals surface area contributed by atoms with Crippen LogP contribution in [-0.2, 0) is 17.9 Å². The normalized spacial score (nSPS) is 11.9. The highest BCUT2D eigenvalue weighted by Gasteiger charge is 2.22. The Morgan fingerprint density at radius 3 is 2.32 bits per heavy atom. The van der Waals surface area contributed by atoms with E-state index in [9.17, 15) is 4.79 Å². The van der Waals surface area contributed by atoms with Crippen LogP contribution in [0, 0.1) is 0 Å². The minimum atomic E-state index is -0.621. The van der Waals surface area contributed by atoms with Crippen LogP contribution in [0.2, 0.25) is 0 Å². The van der Waals surface area contributed by atoms with Crippen LogP contribution in [0.15, 0.2) is 89.9 Å². The zero-order valence-electron chi connectivity index (χ0n) is 19.2. The van der Waals surface area contributed by atoms with Crippen molar-refractivity contribution in [1.29, 1.82) is 0 Å². The van der Waals surface area contributed by atoms with Gasteiger partial charge < -0.3 is 22.1 Å². The lowest BCUT2D eigenvalue weighted by Crippen LogP contribution is -2.43. The van der Waals surface area contributed by atoms with Crippen LogP contribution in [-0.4, -0.2) is 29.4 Å². The Morgan fingerprint density at radius 1 is 0.824 bits per heavy atom. The number of hydrogen-bond donors (Lipinski definition) is 3. The molecule has 1 unspecified atom stereocenters. The van der Waals surface area contributed by atoms with Gasteiger partial charge in [0.2, 0.25) is 5.91 Å². The first-order valence-corrected chi connectivity index (χ1v) is 11.6. The van der Waals surface area contributed by atoms with Crippen LogP contribution in [0.4, 0.5) is 0 Å². The van der Waals surface area contributed by atoms with E-state index in [4.69, 9.17) is 17.2 Å². The molecule has 6 nitrogen and oxygen atoms in total. The summed E-state index contributed by atoms with van der Waals surface area (Å²) in [6.07, 6.45) is 1.16. The maximum absolute atomic E-state index is 13.5. The quantitative estimate of drug-likeness (QED) is 0.203. The zero-order valence-corrected chi connectivity index (χ0v) is 19.2. The molecule has 6 N–H and O–H groups in total. The van der Waals surface area contributed by atoms with Crippen molar-refractivity contribution >= 4 is 33.4 Å².